The highest BCUT2D eigenvalue weighted by Crippen LogP contribution is 2.27. The number of aromatic amines is 1. The molecule has 5 heterocycles. The Morgan fingerprint density at radius 1 is 1.00 bits per heavy atom. The van der Waals surface area contributed by atoms with Gasteiger partial charge in [-0.15, -0.1) is 0 Å². The van der Waals surface area contributed by atoms with Crippen molar-refractivity contribution in [2.45, 2.75) is 19.9 Å². The van der Waals surface area contributed by atoms with Crippen molar-refractivity contribution in [1.29, 1.82) is 0 Å². The van der Waals surface area contributed by atoms with Crippen LogP contribution in [0, 0.1) is 0 Å². The molecule has 9 heteroatoms. The van der Waals surface area contributed by atoms with Gasteiger partial charge in [-0.3, -0.25) is 10.00 Å². The average molecular weight is 454 g/mol. The summed E-state index contributed by atoms with van der Waals surface area (Å²) < 4.78 is 1.98. The van der Waals surface area contributed by atoms with Crippen LogP contribution in [0.4, 0.5) is 17.3 Å². The van der Waals surface area contributed by atoms with Crippen LogP contribution in [0.1, 0.15) is 13.8 Å². The van der Waals surface area contributed by atoms with E-state index in [0.717, 1.165) is 65.5 Å². The van der Waals surface area contributed by atoms with Crippen molar-refractivity contribution in [3.63, 3.8) is 0 Å². The van der Waals surface area contributed by atoms with E-state index in [0.29, 0.717) is 11.9 Å². The molecule has 5 aromatic rings. The van der Waals surface area contributed by atoms with Gasteiger partial charge in [-0.05, 0) is 32.0 Å². The van der Waals surface area contributed by atoms with Gasteiger partial charge in [-0.1, -0.05) is 12.1 Å². The van der Waals surface area contributed by atoms with E-state index in [2.05, 4.69) is 68.4 Å². The third-order valence-corrected chi connectivity index (χ3v) is 6.49. The molecule has 0 spiro atoms. The van der Waals surface area contributed by atoms with Crippen molar-refractivity contribution in [2.75, 3.05) is 36.4 Å². The van der Waals surface area contributed by atoms with Crippen LogP contribution in [0.3, 0.4) is 0 Å². The quantitative estimate of drug-likeness (QED) is 0.417. The molecular formula is C25H27N9. The van der Waals surface area contributed by atoms with Crippen molar-refractivity contribution in [1.82, 2.24) is 34.4 Å². The van der Waals surface area contributed by atoms with Crippen molar-refractivity contribution in [3.05, 3.63) is 61.3 Å². The lowest BCUT2D eigenvalue weighted by Gasteiger charge is -2.37. The van der Waals surface area contributed by atoms with E-state index in [4.69, 9.17) is 9.97 Å². The molecule has 0 bridgehead atoms. The molecule has 1 saturated heterocycles. The van der Waals surface area contributed by atoms with Crippen molar-refractivity contribution < 1.29 is 0 Å². The Labute approximate surface area is 197 Å². The summed E-state index contributed by atoms with van der Waals surface area (Å²) in [6, 6.07) is 10.9. The smallest absolute Gasteiger partial charge is 0.180 e. The Morgan fingerprint density at radius 3 is 2.68 bits per heavy atom. The first kappa shape index (κ1) is 20.6. The second-order valence-corrected chi connectivity index (χ2v) is 8.95. The first-order valence-electron chi connectivity index (χ1n) is 11.6. The highest BCUT2D eigenvalue weighted by atomic mass is 15.3. The summed E-state index contributed by atoms with van der Waals surface area (Å²) in [5.41, 5.74) is 4.47. The topological polar surface area (TPSA) is 90.3 Å². The normalized spacial score (nSPS) is 15.0. The van der Waals surface area contributed by atoms with E-state index in [-0.39, 0.29) is 0 Å². The lowest BCUT2D eigenvalue weighted by atomic mass is 10.1. The number of piperazine rings is 1. The zero-order valence-corrected chi connectivity index (χ0v) is 19.3. The second-order valence-electron chi connectivity index (χ2n) is 8.95. The van der Waals surface area contributed by atoms with Gasteiger partial charge in [0.1, 0.15) is 5.82 Å². The molecule has 4 aromatic heterocycles. The number of benzene rings is 1. The number of nitrogens with one attached hydrogen (secondary N) is 2. The molecule has 0 amide bonds. The molecule has 0 radical (unpaired) electrons. The molecule has 1 aliphatic heterocycles. The molecule has 1 fully saturated rings. The minimum Gasteiger partial charge on any atom is -0.354 e. The Bertz CT molecular complexity index is 1430. The maximum absolute atomic E-state index is 4.89. The van der Waals surface area contributed by atoms with Crippen LogP contribution in [0.2, 0.25) is 0 Å². The molecule has 0 unspecified atom stereocenters. The van der Waals surface area contributed by atoms with Gasteiger partial charge < -0.3 is 14.6 Å². The molecule has 172 valence electrons. The highest BCUT2D eigenvalue weighted by molar-refractivity contribution is 5.84. The predicted octanol–water partition coefficient (Wildman–Crippen LogP) is 3.94. The highest BCUT2D eigenvalue weighted by Gasteiger charge is 2.19. The van der Waals surface area contributed by atoms with Crippen LogP contribution < -0.4 is 10.2 Å². The summed E-state index contributed by atoms with van der Waals surface area (Å²) in [4.78, 5) is 19.0. The van der Waals surface area contributed by atoms with Gasteiger partial charge in [0, 0.05) is 61.8 Å². The second kappa shape index (κ2) is 8.42. The van der Waals surface area contributed by atoms with Gasteiger partial charge in [0.25, 0.3) is 0 Å². The van der Waals surface area contributed by atoms with Crippen LogP contribution in [-0.4, -0.2) is 66.7 Å². The molecule has 6 rings (SSSR count). The van der Waals surface area contributed by atoms with Crippen LogP contribution in [0.25, 0.3) is 27.8 Å². The van der Waals surface area contributed by atoms with Crippen molar-refractivity contribution >= 4 is 33.9 Å². The number of pyridine rings is 1. The Morgan fingerprint density at radius 2 is 1.88 bits per heavy atom. The first-order chi connectivity index (χ1) is 16.6. The van der Waals surface area contributed by atoms with Crippen molar-refractivity contribution in [2.24, 2.45) is 0 Å². The van der Waals surface area contributed by atoms with Gasteiger partial charge in [0.05, 0.1) is 29.3 Å². The minimum atomic E-state index is 0.589. The fraction of sp³-hybridized carbons (Fsp3) is 0.280. The van der Waals surface area contributed by atoms with Crippen molar-refractivity contribution in [3.8, 4) is 11.3 Å². The molecule has 0 atom stereocenters. The standard InChI is InChI=1S/C25H27N9/c1-17(2)32-9-11-33(12-10-32)23-6-5-20(15-27-23)29-24-25-26-7-8-34(25)16-22(30-24)18-3-4-19-14-28-31-21(19)13-18/h3-8,13-17H,9-12H2,1-2H3,(H,28,31)(H,29,30). The number of hydrogen-bond donors (Lipinski definition) is 2. The zero-order valence-electron chi connectivity index (χ0n) is 19.3. The number of aromatic nitrogens is 6. The fourth-order valence-corrected chi connectivity index (χ4v) is 4.50. The maximum atomic E-state index is 4.89. The molecule has 0 saturated carbocycles. The zero-order chi connectivity index (χ0) is 23.1. The van der Waals surface area contributed by atoms with Crippen LogP contribution in [0.5, 0.6) is 0 Å². The number of anilines is 3. The molecule has 1 aromatic carbocycles. The number of imidazole rings is 1. The third-order valence-electron chi connectivity index (χ3n) is 6.49. The minimum absolute atomic E-state index is 0.589. The summed E-state index contributed by atoms with van der Waals surface area (Å²) in [5.74, 6) is 1.70. The Kier molecular flexibility index (Phi) is 5.10. The van der Waals surface area contributed by atoms with E-state index in [9.17, 15) is 0 Å². The van der Waals surface area contributed by atoms with E-state index in [1.165, 1.54) is 0 Å². The predicted molar refractivity (Wildman–Crippen MR) is 135 cm³/mol. The van der Waals surface area contributed by atoms with E-state index in [1.54, 1.807) is 6.20 Å². The summed E-state index contributed by atoms with van der Waals surface area (Å²) in [7, 11) is 0. The largest absolute Gasteiger partial charge is 0.354 e. The lowest BCUT2D eigenvalue weighted by Crippen LogP contribution is -2.49. The van der Waals surface area contributed by atoms with Gasteiger partial charge in [-0.25, -0.2) is 15.0 Å². The number of hydrogen-bond acceptors (Lipinski definition) is 7. The van der Waals surface area contributed by atoms with E-state index in [1.807, 2.05) is 35.3 Å². The van der Waals surface area contributed by atoms with Crippen LogP contribution in [-0.2, 0) is 0 Å². The van der Waals surface area contributed by atoms with Gasteiger partial charge >= 0.3 is 0 Å². The molecule has 34 heavy (non-hydrogen) atoms. The van der Waals surface area contributed by atoms with E-state index >= 15 is 0 Å². The summed E-state index contributed by atoms with van der Waals surface area (Å²) in [6.45, 7) is 8.64. The van der Waals surface area contributed by atoms with Crippen LogP contribution in [0.15, 0.2) is 61.3 Å². The maximum Gasteiger partial charge on any atom is 0.180 e. The molecule has 1 aliphatic rings. The molecular weight excluding hydrogens is 426 g/mol. The molecule has 0 aliphatic carbocycles. The van der Waals surface area contributed by atoms with Gasteiger partial charge in [0.2, 0.25) is 0 Å². The fourth-order valence-electron chi connectivity index (χ4n) is 4.50. The average Bonchev–Trinajstić information content (AvgIpc) is 3.53. The molecule has 2 N–H and O–H groups in total. The van der Waals surface area contributed by atoms with E-state index < -0.39 is 0 Å². The summed E-state index contributed by atoms with van der Waals surface area (Å²) in [6.07, 6.45) is 9.39. The summed E-state index contributed by atoms with van der Waals surface area (Å²) >= 11 is 0. The summed E-state index contributed by atoms with van der Waals surface area (Å²) in [5, 5.41) is 11.6. The monoisotopic (exact) mass is 453 g/mol. The van der Waals surface area contributed by atoms with Gasteiger partial charge in [0.15, 0.2) is 11.5 Å². The SMILES string of the molecule is CC(C)N1CCN(c2ccc(Nc3nc(-c4ccc5cn[nH]c5c4)cn4ccnc34)cn2)CC1. The third kappa shape index (κ3) is 3.84. The molecule has 9 nitrogen and oxygen atoms in total. The number of fused-ring (bicyclic) bond motifs is 2. The Hall–Kier alpha value is -3.98. The number of rotatable bonds is 5. The Balaban J connectivity index is 1.25. The number of nitrogens with zero attached hydrogens (tertiary/aromatic N) is 7. The number of H-pyrrole nitrogens is 1. The first-order valence-corrected chi connectivity index (χ1v) is 11.6. The van der Waals surface area contributed by atoms with Gasteiger partial charge in [-0.2, -0.15) is 5.10 Å². The lowest BCUT2D eigenvalue weighted by molar-refractivity contribution is 0.209. The van der Waals surface area contributed by atoms with Crippen LogP contribution >= 0.6 is 0 Å².